The topological polar surface area (TPSA) is 84.9 Å². The molecule has 6 nitrogen and oxygen atoms in total. The molecule has 0 aromatic heterocycles. The van der Waals surface area contributed by atoms with Crippen LogP contribution in [0, 0.1) is 0 Å². The molecule has 1 heterocycles. The molecule has 0 radical (unpaired) electrons. The molecule has 2 aromatic rings. The number of hydrogen-bond donors (Lipinski definition) is 2. The molecule has 152 valence electrons. The first kappa shape index (κ1) is 21.1. The van der Waals surface area contributed by atoms with Gasteiger partial charge in [-0.25, -0.2) is 4.79 Å². The highest BCUT2D eigenvalue weighted by Crippen LogP contribution is 2.39. The second-order valence-electron chi connectivity index (χ2n) is 8.27. The van der Waals surface area contributed by atoms with E-state index >= 15 is 0 Å². The molecule has 0 aliphatic carbocycles. The quantitative estimate of drug-likeness (QED) is 0.755. The van der Waals surface area contributed by atoms with Gasteiger partial charge in [-0.3, -0.25) is 4.79 Å². The maximum atomic E-state index is 11.6. The zero-order valence-electron chi connectivity index (χ0n) is 17.4. The molecule has 1 aliphatic heterocycles. The summed E-state index contributed by atoms with van der Waals surface area (Å²) < 4.78 is 12.3. The van der Waals surface area contributed by atoms with Gasteiger partial charge < -0.3 is 19.7 Å². The molecule has 1 saturated heterocycles. The Morgan fingerprint density at radius 1 is 1.03 bits per heavy atom. The lowest BCUT2D eigenvalue weighted by Crippen LogP contribution is -2.41. The van der Waals surface area contributed by atoms with Gasteiger partial charge in [-0.2, -0.15) is 0 Å². The van der Waals surface area contributed by atoms with Crippen LogP contribution in [-0.2, 0) is 14.1 Å². The number of hydrogen-bond acceptors (Lipinski definition) is 4. The molecule has 0 atom stereocenters. The van der Waals surface area contributed by atoms with E-state index in [1.807, 2.05) is 52.0 Å². The van der Waals surface area contributed by atoms with Crippen LogP contribution in [0.1, 0.15) is 50.5 Å². The smallest absolute Gasteiger partial charge is 0.478 e. The summed E-state index contributed by atoms with van der Waals surface area (Å²) in [5, 5.41) is 13.8. The lowest BCUT2D eigenvalue weighted by molar-refractivity contribution is -0.118. The van der Waals surface area contributed by atoms with Crippen LogP contribution in [0.25, 0.3) is 16.8 Å². The van der Waals surface area contributed by atoms with Crippen molar-refractivity contribution < 1.29 is 24.0 Å². The second kappa shape index (κ2) is 7.65. The minimum Gasteiger partial charge on any atom is -0.478 e. The molecule has 0 bridgehead atoms. The van der Waals surface area contributed by atoms with Crippen molar-refractivity contribution in [1.29, 1.82) is 0 Å². The summed E-state index contributed by atoms with van der Waals surface area (Å²) in [5.74, 6) is -1.13. The third-order valence-electron chi connectivity index (χ3n) is 5.62. The summed E-state index contributed by atoms with van der Waals surface area (Å²) in [5.41, 5.74) is 0.814. The molecule has 0 unspecified atom stereocenters. The number of carboxylic acid groups (broad SMARTS) is 1. The van der Waals surface area contributed by atoms with Gasteiger partial charge in [-0.15, -0.1) is 0 Å². The average Bonchev–Trinajstić information content (AvgIpc) is 2.85. The van der Waals surface area contributed by atoms with Crippen LogP contribution in [0.2, 0.25) is 0 Å². The van der Waals surface area contributed by atoms with Gasteiger partial charge in [0.25, 0.3) is 0 Å². The van der Waals surface area contributed by atoms with Gasteiger partial charge >= 0.3 is 13.1 Å². The van der Waals surface area contributed by atoms with Crippen molar-refractivity contribution in [2.24, 2.45) is 0 Å². The number of nitrogens with one attached hydrogen (secondary N) is 1. The number of rotatable bonds is 5. The van der Waals surface area contributed by atoms with Gasteiger partial charge in [-0.05, 0) is 55.6 Å². The minimum atomic E-state index is -0.971. The summed E-state index contributed by atoms with van der Waals surface area (Å²) in [6.45, 7) is 9.61. The number of fused-ring (bicyclic) bond motifs is 1. The Kier molecular flexibility index (Phi) is 5.56. The Labute approximate surface area is 171 Å². The van der Waals surface area contributed by atoms with Crippen molar-refractivity contribution >= 4 is 35.8 Å². The molecule has 1 aliphatic rings. The van der Waals surface area contributed by atoms with Gasteiger partial charge in [0, 0.05) is 13.5 Å². The summed E-state index contributed by atoms with van der Waals surface area (Å²) >= 11 is 0. The van der Waals surface area contributed by atoms with E-state index in [2.05, 4.69) is 5.32 Å². The molecule has 7 heteroatoms. The Balaban J connectivity index is 2.08. The molecule has 3 rings (SSSR count). The SMILES string of the molecule is CC(=O)NCC(=Cc1cccc2c(C(=O)O)cccc12)B1OC(C)(C)C(C)(C)O1. The second-order valence-corrected chi connectivity index (χ2v) is 8.27. The van der Waals surface area contributed by atoms with Gasteiger partial charge in [0.15, 0.2) is 0 Å². The van der Waals surface area contributed by atoms with E-state index in [9.17, 15) is 14.7 Å². The van der Waals surface area contributed by atoms with Gasteiger partial charge in [-0.1, -0.05) is 36.4 Å². The molecule has 0 spiro atoms. The number of carboxylic acids is 1. The van der Waals surface area contributed by atoms with Crippen molar-refractivity contribution in [3.8, 4) is 0 Å². The van der Waals surface area contributed by atoms with Crippen LogP contribution in [0.3, 0.4) is 0 Å². The van der Waals surface area contributed by atoms with Crippen molar-refractivity contribution in [3.05, 3.63) is 53.0 Å². The fourth-order valence-electron chi connectivity index (χ4n) is 3.27. The normalized spacial score (nSPS) is 18.1. The third kappa shape index (κ3) is 4.21. The highest BCUT2D eigenvalue weighted by molar-refractivity contribution is 6.56. The van der Waals surface area contributed by atoms with Gasteiger partial charge in [0.05, 0.1) is 16.8 Å². The minimum absolute atomic E-state index is 0.154. The van der Waals surface area contributed by atoms with E-state index in [4.69, 9.17) is 9.31 Å². The van der Waals surface area contributed by atoms with Gasteiger partial charge in [0.1, 0.15) is 0 Å². The van der Waals surface area contributed by atoms with Crippen molar-refractivity contribution in [3.63, 3.8) is 0 Å². The Bertz CT molecular complexity index is 980. The van der Waals surface area contributed by atoms with E-state index in [1.54, 1.807) is 18.2 Å². The Hall–Kier alpha value is -2.64. The largest absolute Gasteiger partial charge is 0.492 e. The highest BCUT2D eigenvalue weighted by atomic mass is 16.7. The monoisotopic (exact) mass is 395 g/mol. The molecule has 0 saturated carbocycles. The van der Waals surface area contributed by atoms with Crippen molar-refractivity contribution in [1.82, 2.24) is 5.32 Å². The first-order valence-corrected chi connectivity index (χ1v) is 9.57. The van der Waals surface area contributed by atoms with Crippen LogP contribution in [0.15, 0.2) is 41.9 Å². The Morgan fingerprint density at radius 2 is 1.62 bits per heavy atom. The predicted octanol–water partition coefficient (Wildman–Crippen LogP) is 3.69. The fraction of sp³-hybridized carbons (Fsp3) is 0.364. The molecule has 2 N–H and O–H groups in total. The zero-order valence-corrected chi connectivity index (χ0v) is 17.4. The molecule has 2 aromatic carbocycles. The van der Waals surface area contributed by atoms with Crippen LogP contribution >= 0.6 is 0 Å². The van der Waals surface area contributed by atoms with Crippen LogP contribution in [0.5, 0.6) is 0 Å². The van der Waals surface area contributed by atoms with Crippen LogP contribution in [0.4, 0.5) is 0 Å². The number of carbonyl (C=O) groups is 2. The van der Waals surface area contributed by atoms with E-state index in [0.29, 0.717) is 5.39 Å². The fourth-order valence-corrected chi connectivity index (χ4v) is 3.27. The maximum absolute atomic E-state index is 11.6. The first-order valence-electron chi connectivity index (χ1n) is 9.57. The number of aromatic carboxylic acids is 1. The van der Waals surface area contributed by atoms with E-state index in [-0.39, 0.29) is 18.0 Å². The van der Waals surface area contributed by atoms with E-state index < -0.39 is 24.3 Å². The molecule has 1 fully saturated rings. The third-order valence-corrected chi connectivity index (χ3v) is 5.62. The molecule has 29 heavy (non-hydrogen) atoms. The standard InChI is InChI=1S/C22H26BNO5/c1-14(25)24-13-16(23-28-21(2,3)22(4,5)29-23)12-15-8-6-10-18-17(15)9-7-11-19(18)20(26)27/h6-12H,13H2,1-5H3,(H,24,25)(H,26,27). The Morgan fingerprint density at radius 3 is 2.21 bits per heavy atom. The number of benzene rings is 2. The number of amides is 1. The predicted molar refractivity (Wildman–Crippen MR) is 114 cm³/mol. The summed E-state index contributed by atoms with van der Waals surface area (Å²) in [6.07, 6.45) is 1.91. The zero-order chi connectivity index (χ0) is 21.4. The van der Waals surface area contributed by atoms with Crippen LogP contribution in [-0.4, -0.2) is 41.8 Å². The van der Waals surface area contributed by atoms with Crippen molar-refractivity contribution in [2.45, 2.75) is 45.8 Å². The van der Waals surface area contributed by atoms with E-state index in [1.165, 1.54) is 6.92 Å². The summed E-state index contributed by atoms with van der Waals surface area (Å²) in [4.78, 5) is 23.1. The van der Waals surface area contributed by atoms with Gasteiger partial charge in [0.2, 0.25) is 5.91 Å². The summed E-state index contributed by atoms with van der Waals surface area (Å²) in [7, 11) is -0.621. The molecular formula is C22H26BNO5. The number of carbonyl (C=O) groups excluding carboxylic acids is 1. The lowest BCUT2D eigenvalue weighted by atomic mass is 9.76. The van der Waals surface area contributed by atoms with Crippen LogP contribution < -0.4 is 5.32 Å². The lowest BCUT2D eigenvalue weighted by Gasteiger charge is -2.32. The average molecular weight is 395 g/mol. The summed E-state index contributed by atoms with van der Waals surface area (Å²) in [6, 6.07) is 10.7. The molecule has 1 amide bonds. The first-order chi connectivity index (χ1) is 13.5. The maximum Gasteiger partial charge on any atom is 0.492 e. The van der Waals surface area contributed by atoms with Crippen molar-refractivity contribution in [2.75, 3.05) is 6.54 Å². The highest BCUT2D eigenvalue weighted by Gasteiger charge is 2.52. The van der Waals surface area contributed by atoms with E-state index in [0.717, 1.165) is 16.4 Å². The molecular weight excluding hydrogens is 369 g/mol.